The lowest BCUT2D eigenvalue weighted by Gasteiger charge is -2.30. The molecule has 1 fully saturated rings. The van der Waals surface area contributed by atoms with Crippen LogP contribution in [0.15, 0.2) is 78.1 Å². The first kappa shape index (κ1) is 22.3. The highest BCUT2D eigenvalue weighted by Crippen LogP contribution is 2.51. The van der Waals surface area contributed by atoms with Crippen molar-refractivity contribution in [2.75, 3.05) is 6.54 Å². The molecule has 6 rings (SSSR count). The molecule has 0 radical (unpaired) electrons. The van der Waals surface area contributed by atoms with E-state index in [-0.39, 0.29) is 17.5 Å². The predicted octanol–water partition coefficient (Wildman–Crippen LogP) is 2.93. The maximum Gasteiger partial charge on any atom is 0.256 e. The zero-order chi connectivity index (χ0) is 24.7. The van der Waals surface area contributed by atoms with Crippen molar-refractivity contribution in [2.24, 2.45) is 0 Å². The number of carbonyl (C=O) groups is 1. The lowest BCUT2D eigenvalue weighted by molar-refractivity contribution is -0.141. The van der Waals surface area contributed by atoms with E-state index >= 15 is 0 Å². The third-order valence-corrected chi connectivity index (χ3v) is 7.24. The first-order chi connectivity index (χ1) is 17.5. The molecule has 8 heteroatoms. The fraction of sp³-hybridized carbons (Fsp3) is 0.250. The quantitative estimate of drug-likeness (QED) is 0.455. The lowest BCUT2D eigenvalue weighted by atomic mass is 9.94. The number of aromatic amines is 1. The van der Waals surface area contributed by atoms with Crippen LogP contribution in [0.5, 0.6) is 0 Å². The van der Waals surface area contributed by atoms with E-state index in [0.717, 1.165) is 35.2 Å². The van der Waals surface area contributed by atoms with Gasteiger partial charge in [-0.25, -0.2) is 15.0 Å². The summed E-state index contributed by atoms with van der Waals surface area (Å²) in [5.74, 6) is 0.271. The van der Waals surface area contributed by atoms with Gasteiger partial charge in [-0.15, -0.1) is 0 Å². The highest BCUT2D eigenvalue weighted by Gasteiger charge is 2.48. The Labute approximate surface area is 207 Å². The van der Waals surface area contributed by atoms with Crippen molar-refractivity contribution in [3.63, 3.8) is 0 Å². The van der Waals surface area contributed by atoms with Crippen LogP contribution in [0, 0.1) is 0 Å². The number of hydrogen-bond donors (Lipinski definition) is 2. The summed E-state index contributed by atoms with van der Waals surface area (Å²) in [6.07, 6.45) is 5.84. The molecule has 3 heterocycles. The molecule has 180 valence electrons. The molecule has 0 spiro atoms. The number of rotatable bonds is 5. The van der Waals surface area contributed by atoms with Gasteiger partial charge in [0.1, 0.15) is 12.2 Å². The minimum absolute atomic E-state index is 0.123. The standard InChI is InChI=1S/C28H25N5O3/c34-24(19-6-4-5-18(13-19)20-14-29-17-30-15-20)26(36)33-12-9-23-22(16-33)25(35)32-27(31-23)28(10-11-28)21-7-2-1-3-8-21/h1-8,13-15,17,24,34H,9-12,16H2,(H,31,32,35). The van der Waals surface area contributed by atoms with E-state index in [4.69, 9.17) is 4.98 Å². The van der Waals surface area contributed by atoms with E-state index in [1.54, 1.807) is 30.6 Å². The molecule has 2 aromatic carbocycles. The minimum Gasteiger partial charge on any atom is -0.378 e. The Morgan fingerprint density at radius 3 is 2.56 bits per heavy atom. The molecule has 0 bridgehead atoms. The molecule has 8 nitrogen and oxygen atoms in total. The Kier molecular flexibility index (Phi) is 5.45. The second kappa shape index (κ2) is 8.80. The Morgan fingerprint density at radius 2 is 1.81 bits per heavy atom. The van der Waals surface area contributed by atoms with Crippen molar-refractivity contribution in [1.82, 2.24) is 24.8 Å². The first-order valence-electron chi connectivity index (χ1n) is 12.1. The number of hydrogen-bond acceptors (Lipinski definition) is 6. The van der Waals surface area contributed by atoms with Crippen molar-refractivity contribution in [1.29, 1.82) is 0 Å². The predicted molar refractivity (Wildman–Crippen MR) is 133 cm³/mol. The third-order valence-electron chi connectivity index (χ3n) is 7.24. The van der Waals surface area contributed by atoms with Crippen LogP contribution in [0.1, 0.15) is 47.2 Å². The zero-order valence-corrected chi connectivity index (χ0v) is 19.6. The molecule has 1 unspecified atom stereocenters. The van der Waals surface area contributed by atoms with Gasteiger partial charge in [0.15, 0.2) is 6.10 Å². The van der Waals surface area contributed by atoms with Crippen molar-refractivity contribution >= 4 is 5.91 Å². The van der Waals surface area contributed by atoms with Crippen LogP contribution in [0.3, 0.4) is 0 Å². The normalized spacial score (nSPS) is 16.8. The average Bonchev–Trinajstić information content (AvgIpc) is 3.75. The topological polar surface area (TPSA) is 112 Å². The largest absolute Gasteiger partial charge is 0.378 e. The molecule has 1 amide bonds. The van der Waals surface area contributed by atoms with E-state index in [0.29, 0.717) is 29.9 Å². The Balaban J connectivity index is 1.23. The zero-order valence-electron chi connectivity index (χ0n) is 19.6. The summed E-state index contributed by atoms with van der Waals surface area (Å²) in [6, 6.07) is 17.3. The monoisotopic (exact) mass is 479 g/mol. The molecule has 0 saturated heterocycles. The summed E-state index contributed by atoms with van der Waals surface area (Å²) in [5, 5.41) is 10.9. The van der Waals surface area contributed by atoms with Gasteiger partial charge < -0.3 is 15.0 Å². The molecule has 2 aliphatic rings. The van der Waals surface area contributed by atoms with Crippen LogP contribution in [0.2, 0.25) is 0 Å². The maximum absolute atomic E-state index is 13.2. The minimum atomic E-state index is -1.34. The number of amides is 1. The number of benzene rings is 2. The molecular formula is C28H25N5O3. The third kappa shape index (κ3) is 3.89. The lowest BCUT2D eigenvalue weighted by Crippen LogP contribution is -2.42. The van der Waals surface area contributed by atoms with E-state index in [1.165, 1.54) is 11.2 Å². The number of carbonyl (C=O) groups excluding carboxylic acids is 1. The molecule has 2 aromatic heterocycles. The fourth-order valence-corrected chi connectivity index (χ4v) is 5.04. The van der Waals surface area contributed by atoms with Gasteiger partial charge >= 0.3 is 0 Å². The van der Waals surface area contributed by atoms with E-state index in [1.807, 2.05) is 24.3 Å². The SMILES string of the molecule is O=C(C(O)c1cccc(-c2cncnc2)c1)N1CCc2nc(C3(c4ccccc4)CC3)[nH]c(=O)c2C1. The van der Waals surface area contributed by atoms with Crippen LogP contribution in [-0.4, -0.2) is 42.4 Å². The molecule has 1 atom stereocenters. The van der Waals surface area contributed by atoms with Crippen LogP contribution in [-0.2, 0) is 23.2 Å². The molecule has 2 N–H and O–H groups in total. The van der Waals surface area contributed by atoms with Gasteiger partial charge in [0.2, 0.25) is 0 Å². The summed E-state index contributed by atoms with van der Waals surface area (Å²) in [4.78, 5) is 43.8. The summed E-state index contributed by atoms with van der Waals surface area (Å²) in [7, 11) is 0. The highest BCUT2D eigenvalue weighted by atomic mass is 16.3. The smallest absolute Gasteiger partial charge is 0.256 e. The van der Waals surface area contributed by atoms with Crippen molar-refractivity contribution in [3.05, 3.63) is 112 Å². The molecule has 1 aliphatic heterocycles. The first-order valence-corrected chi connectivity index (χ1v) is 12.1. The number of aromatic nitrogens is 4. The number of aliphatic hydroxyl groups is 1. The summed E-state index contributed by atoms with van der Waals surface area (Å²) < 4.78 is 0. The maximum atomic E-state index is 13.2. The molecule has 1 aliphatic carbocycles. The van der Waals surface area contributed by atoms with E-state index < -0.39 is 12.0 Å². The Bertz CT molecular complexity index is 1480. The van der Waals surface area contributed by atoms with Crippen molar-refractivity contribution in [3.8, 4) is 11.1 Å². The number of H-pyrrole nitrogens is 1. The van der Waals surface area contributed by atoms with Gasteiger partial charge in [-0.3, -0.25) is 9.59 Å². The van der Waals surface area contributed by atoms with Gasteiger partial charge in [0.05, 0.1) is 23.2 Å². The summed E-state index contributed by atoms with van der Waals surface area (Å²) in [5.41, 5.74) is 4.03. The van der Waals surface area contributed by atoms with E-state index in [2.05, 4.69) is 27.1 Å². The fourth-order valence-electron chi connectivity index (χ4n) is 5.04. The van der Waals surface area contributed by atoms with Gasteiger partial charge in [0.25, 0.3) is 11.5 Å². The van der Waals surface area contributed by atoms with Crippen molar-refractivity contribution < 1.29 is 9.90 Å². The second-order valence-corrected chi connectivity index (χ2v) is 9.45. The van der Waals surface area contributed by atoms with Gasteiger partial charge in [0, 0.05) is 30.9 Å². The molecule has 36 heavy (non-hydrogen) atoms. The molecular weight excluding hydrogens is 454 g/mol. The Morgan fingerprint density at radius 1 is 1.03 bits per heavy atom. The van der Waals surface area contributed by atoms with Crippen LogP contribution >= 0.6 is 0 Å². The molecule has 1 saturated carbocycles. The number of aliphatic hydroxyl groups excluding tert-OH is 1. The number of nitrogens with zero attached hydrogens (tertiary/aromatic N) is 4. The van der Waals surface area contributed by atoms with E-state index in [9.17, 15) is 14.7 Å². The van der Waals surface area contributed by atoms with Gasteiger partial charge in [-0.2, -0.15) is 0 Å². The van der Waals surface area contributed by atoms with Crippen LogP contribution < -0.4 is 5.56 Å². The highest BCUT2D eigenvalue weighted by molar-refractivity contribution is 5.83. The van der Waals surface area contributed by atoms with Crippen LogP contribution in [0.4, 0.5) is 0 Å². The number of fused-ring (bicyclic) bond motifs is 1. The van der Waals surface area contributed by atoms with Gasteiger partial charge in [-0.1, -0.05) is 48.5 Å². The molecule has 4 aromatic rings. The summed E-state index contributed by atoms with van der Waals surface area (Å²) in [6.45, 7) is 0.516. The average molecular weight is 480 g/mol. The van der Waals surface area contributed by atoms with Gasteiger partial charge in [-0.05, 0) is 35.6 Å². The Hall–Kier alpha value is -4.17. The summed E-state index contributed by atoms with van der Waals surface area (Å²) >= 11 is 0. The second-order valence-electron chi connectivity index (χ2n) is 9.45. The van der Waals surface area contributed by atoms with Crippen molar-refractivity contribution in [2.45, 2.75) is 37.3 Å². The number of nitrogens with one attached hydrogen (secondary N) is 1. The van der Waals surface area contributed by atoms with Crippen LogP contribution in [0.25, 0.3) is 11.1 Å².